The molecule has 2 saturated carbocycles. The minimum absolute atomic E-state index is 0.480. The number of hydrogen-bond donors (Lipinski definition) is 0. The third-order valence-electron chi connectivity index (χ3n) is 3.83. The SMILES string of the molecule is COCCOC1CC(Br)C12CCCC2. The van der Waals surface area contributed by atoms with Crippen LogP contribution in [0, 0.1) is 5.41 Å². The molecule has 2 unspecified atom stereocenters. The average Bonchev–Trinajstić information content (AvgIpc) is 2.68. The summed E-state index contributed by atoms with van der Waals surface area (Å²) in [7, 11) is 1.72. The van der Waals surface area contributed by atoms with Gasteiger partial charge in [0.15, 0.2) is 0 Å². The molecule has 2 aliphatic carbocycles. The van der Waals surface area contributed by atoms with Crippen molar-refractivity contribution in [1.29, 1.82) is 0 Å². The normalized spacial score (nSPS) is 34.7. The Labute approximate surface area is 94.5 Å². The zero-order valence-electron chi connectivity index (χ0n) is 8.80. The topological polar surface area (TPSA) is 18.5 Å². The lowest BCUT2D eigenvalue weighted by molar-refractivity contribution is -0.109. The summed E-state index contributed by atoms with van der Waals surface area (Å²) >= 11 is 3.78. The third-order valence-corrected chi connectivity index (χ3v) is 5.11. The Morgan fingerprint density at radius 1 is 1.29 bits per heavy atom. The molecule has 0 saturated heterocycles. The van der Waals surface area contributed by atoms with Gasteiger partial charge in [0.25, 0.3) is 0 Å². The molecule has 2 fully saturated rings. The molecule has 0 aromatic heterocycles. The fourth-order valence-corrected chi connectivity index (χ4v) is 3.97. The summed E-state index contributed by atoms with van der Waals surface area (Å²) in [6.07, 6.45) is 7.13. The molecule has 0 aromatic rings. The highest BCUT2D eigenvalue weighted by Gasteiger charge is 2.55. The van der Waals surface area contributed by atoms with Crippen molar-refractivity contribution in [3.8, 4) is 0 Å². The molecule has 2 nitrogen and oxygen atoms in total. The van der Waals surface area contributed by atoms with Gasteiger partial charge in [0.05, 0.1) is 19.3 Å². The van der Waals surface area contributed by atoms with Crippen molar-refractivity contribution in [2.45, 2.75) is 43.0 Å². The first-order valence-electron chi connectivity index (χ1n) is 5.54. The van der Waals surface area contributed by atoms with E-state index in [1.54, 1.807) is 7.11 Å². The second kappa shape index (κ2) is 4.50. The Morgan fingerprint density at radius 2 is 2.00 bits per heavy atom. The van der Waals surface area contributed by atoms with Crippen molar-refractivity contribution < 1.29 is 9.47 Å². The van der Waals surface area contributed by atoms with Crippen molar-refractivity contribution in [1.82, 2.24) is 0 Å². The Kier molecular flexibility index (Phi) is 3.50. The smallest absolute Gasteiger partial charge is 0.0704 e. The van der Waals surface area contributed by atoms with Crippen LogP contribution in [0.15, 0.2) is 0 Å². The fraction of sp³-hybridized carbons (Fsp3) is 1.00. The molecular weight excluding hydrogens is 244 g/mol. The summed E-state index contributed by atoms with van der Waals surface area (Å²) < 4.78 is 10.9. The van der Waals surface area contributed by atoms with Gasteiger partial charge >= 0.3 is 0 Å². The van der Waals surface area contributed by atoms with E-state index in [0.29, 0.717) is 16.3 Å². The van der Waals surface area contributed by atoms with Crippen LogP contribution in [0.1, 0.15) is 32.1 Å². The predicted molar refractivity (Wildman–Crippen MR) is 59.8 cm³/mol. The van der Waals surface area contributed by atoms with E-state index < -0.39 is 0 Å². The Balaban J connectivity index is 1.82. The zero-order chi connectivity index (χ0) is 10.0. The molecular formula is C11H19BrO2. The van der Waals surface area contributed by atoms with Gasteiger partial charge in [0, 0.05) is 17.4 Å². The number of alkyl halides is 1. The molecule has 0 heterocycles. The van der Waals surface area contributed by atoms with Crippen LogP contribution in [0.4, 0.5) is 0 Å². The third kappa shape index (κ3) is 1.74. The van der Waals surface area contributed by atoms with Crippen LogP contribution >= 0.6 is 15.9 Å². The van der Waals surface area contributed by atoms with E-state index in [1.807, 2.05) is 0 Å². The van der Waals surface area contributed by atoms with E-state index in [4.69, 9.17) is 9.47 Å². The van der Waals surface area contributed by atoms with E-state index in [0.717, 1.165) is 13.2 Å². The lowest BCUT2D eigenvalue weighted by atomic mass is 9.65. The maximum atomic E-state index is 5.87. The quantitative estimate of drug-likeness (QED) is 0.573. The van der Waals surface area contributed by atoms with E-state index >= 15 is 0 Å². The average molecular weight is 263 g/mol. The van der Waals surface area contributed by atoms with Gasteiger partial charge in [-0.05, 0) is 19.3 Å². The maximum Gasteiger partial charge on any atom is 0.0704 e. The summed E-state index contributed by atoms with van der Waals surface area (Å²) in [6.45, 7) is 1.47. The predicted octanol–water partition coefficient (Wildman–Crippen LogP) is 2.75. The van der Waals surface area contributed by atoms with Gasteiger partial charge in [0.1, 0.15) is 0 Å². The molecule has 1 spiro atoms. The highest BCUT2D eigenvalue weighted by Crippen LogP contribution is 2.57. The van der Waals surface area contributed by atoms with E-state index in [9.17, 15) is 0 Å². The number of hydrogen-bond acceptors (Lipinski definition) is 2. The monoisotopic (exact) mass is 262 g/mol. The largest absolute Gasteiger partial charge is 0.382 e. The molecule has 0 amide bonds. The number of methoxy groups -OCH3 is 1. The first-order chi connectivity index (χ1) is 6.79. The Morgan fingerprint density at radius 3 is 2.57 bits per heavy atom. The van der Waals surface area contributed by atoms with Crippen LogP contribution in [0.5, 0.6) is 0 Å². The second-order valence-electron chi connectivity index (χ2n) is 4.50. The van der Waals surface area contributed by atoms with Crippen molar-refractivity contribution >= 4 is 15.9 Å². The zero-order valence-corrected chi connectivity index (χ0v) is 10.4. The van der Waals surface area contributed by atoms with E-state index in [2.05, 4.69) is 15.9 Å². The van der Waals surface area contributed by atoms with Gasteiger partial charge in [-0.25, -0.2) is 0 Å². The van der Waals surface area contributed by atoms with Crippen LogP contribution in [0.25, 0.3) is 0 Å². The summed E-state index contributed by atoms with van der Waals surface area (Å²) in [6, 6.07) is 0. The van der Waals surface area contributed by atoms with Gasteiger partial charge in [-0.1, -0.05) is 28.8 Å². The van der Waals surface area contributed by atoms with Crippen LogP contribution in [-0.4, -0.2) is 31.3 Å². The van der Waals surface area contributed by atoms with Crippen molar-refractivity contribution in [3.63, 3.8) is 0 Å². The Bertz CT molecular complexity index is 190. The molecule has 0 bridgehead atoms. The minimum atomic E-state index is 0.480. The van der Waals surface area contributed by atoms with Gasteiger partial charge in [-0.15, -0.1) is 0 Å². The number of rotatable bonds is 4. The van der Waals surface area contributed by atoms with Gasteiger partial charge < -0.3 is 9.47 Å². The summed E-state index contributed by atoms with van der Waals surface area (Å²) in [5.74, 6) is 0. The molecule has 0 N–H and O–H groups in total. The van der Waals surface area contributed by atoms with Gasteiger partial charge in [-0.3, -0.25) is 0 Å². The standard InChI is InChI=1S/C11H19BrO2/c1-13-6-7-14-10-8-9(12)11(10)4-2-3-5-11/h9-10H,2-8H2,1H3. The van der Waals surface area contributed by atoms with Crippen molar-refractivity contribution in [3.05, 3.63) is 0 Å². The molecule has 2 aliphatic rings. The summed E-state index contributed by atoms with van der Waals surface area (Å²) in [4.78, 5) is 0.699. The molecule has 82 valence electrons. The first kappa shape index (κ1) is 10.9. The maximum absolute atomic E-state index is 5.87. The lowest BCUT2D eigenvalue weighted by Gasteiger charge is -2.51. The van der Waals surface area contributed by atoms with Crippen LogP contribution < -0.4 is 0 Å². The molecule has 0 aromatic carbocycles. The minimum Gasteiger partial charge on any atom is -0.382 e. The second-order valence-corrected chi connectivity index (χ2v) is 5.60. The number of ether oxygens (including phenoxy) is 2. The van der Waals surface area contributed by atoms with Gasteiger partial charge in [-0.2, -0.15) is 0 Å². The molecule has 2 rings (SSSR count). The Hall–Kier alpha value is 0.400. The summed E-state index contributed by atoms with van der Waals surface area (Å²) in [5, 5.41) is 0. The van der Waals surface area contributed by atoms with Crippen LogP contribution in [-0.2, 0) is 9.47 Å². The van der Waals surface area contributed by atoms with Crippen LogP contribution in [0.2, 0.25) is 0 Å². The lowest BCUT2D eigenvalue weighted by Crippen LogP contribution is -2.54. The van der Waals surface area contributed by atoms with Crippen molar-refractivity contribution in [2.24, 2.45) is 5.41 Å². The van der Waals surface area contributed by atoms with E-state index in [-0.39, 0.29) is 0 Å². The van der Waals surface area contributed by atoms with Crippen molar-refractivity contribution in [2.75, 3.05) is 20.3 Å². The fourth-order valence-electron chi connectivity index (χ4n) is 2.87. The summed E-state index contributed by atoms with van der Waals surface area (Å²) in [5.41, 5.74) is 0.480. The molecule has 3 heteroatoms. The molecule has 2 atom stereocenters. The first-order valence-corrected chi connectivity index (χ1v) is 6.46. The molecule has 14 heavy (non-hydrogen) atoms. The molecule has 0 radical (unpaired) electrons. The van der Waals surface area contributed by atoms with E-state index in [1.165, 1.54) is 32.1 Å². The van der Waals surface area contributed by atoms with Crippen LogP contribution in [0.3, 0.4) is 0 Å². The molecule has 0 aliphatic heterocycles. The van der Waals surface area contributed by atoms with Gasteiger partial charge in [0.2, 0.25) is 0 Å². The number of halogens is 1. The highest BCUT2D eigenvalue weighted by atomic mass is 79.9. The highest BCUT2D eigenvalue weighted by molar-refractivity contribution is 9.09.